The van der Waals surface area contributed by atoms with E-state index < -0.39 is 17.5 Å². The smallest absolute Gasteiger partial charge is 0.389 e. The Kier molecular flexibility index (Phi) is 5.38. The molecule has 1 heterocycles. The monoisotopic (exact) mass is 306 g/mol. The second kappa shape index (κ2) is 6.46. The predicted octanol–water partition coefficient (Wildman–Crippen LogP) is 2.52. The molecule has 1 rings (SSSR count). The highest BCUT2D eigenvalue weighted by Crippen LogP contribution is 2.30. The zero-order valence-corrected chi connectivity index (χ0v) is 12.6. The van der Waals surface area contributed by atoms with Gasteiger partial charge in [0.1, 0.15) is 5.82 Å². The Bertz CT molecular complexity index is 471. The standard InChI is InChI=1S/C13H21F3N4O/c1-5-6-17-11-18-9(13(14,15)16)7-10(19-11)20(4)8-12(2,3)21/h7,21H,5-6,8H2,1-4H3,(H,17,18,19). The minimum atomic E-state index is -4.55. The van der Waals surface area contributed by atoms with E-state index in [2.05, 4.69) is 15.3 Å². The van der Waals surface area contributed by atoms with Gasteiger partial charge in [0.2, 0.25) is 5.95 Å². The van der Waals surface area contributed by atoms with Gasteiger partial charge in [-0.2, -0.15) is 18.2 Å². The van der Waals surface area contributed by atoms with Crippen molar-refractivity contribution in [1.82, 2.24) is 9.97 Å². The number of hydrogen-bond acceptors (Lipinski definition) is 5. The van der Waals surface area contributed by atoms with Crippen LogP contribution in [0.4, 0.5) is 24.9 Å². The summed E-state index contributed by atoms with van der Waals surface area (Å²) in [5.41, 5.74) is -2.05. The quantitative estimate of drug-likeness (QED) is 0.845. The van der Waals surface area contributed by atoms with Crippen LogP contribution >= 0.6 is 0 Å². The zero-order valence-electron chi connectivity index (χ0n) is 12.6. The van der Waals surface area contributed by atoms with Crippen LogP contribution in [0.25, 0.3) is 0 Å². The second-order valence-corrected chi connectivity index (χ2v) is 5.53. The van der Waals surface area contributed by atoms with Crippen molar-refractivity contribution in [3.05, 3.63) is 11.8 Å². The summed E-state index contributed by atoms with van der Waals surface area (Å²) in [6, 6.07) is 0.878. The number of alkyl halides is 3. The maximum absolute atomic E-state index is 12.9. The Hall–Kier alpha value is -1.57. The van der Waals surface area contributed by atoms with Crippen LogP contribution in [0, 0.1) is 0 Å². The first-order chi connectivity index (χ1) is 9.53. The SMILES string of the molecule is CCCNc1nc(N(C)CC(C)(C)O)cc(C(F)(F)F)n1. The van der Waals surface area contributed by atoms with Crippen molar-refractivity contribution in [3.8, 4) is 0 Å². The van der Waals surface area contributed by atoms with E-state index in [1.807, 2.05) is 6.92 Å². The minimum Gasteiger partial charge on any atom is -0.389 e. The lowest BCUT2D eigenvalue weighted by molar-refractivity contribution is -0.141. The van der Waals surface area contributed by atoms with E-state index in [1.54, 1.807) is 20.9 Å². The van der Waals surface area contributed by atoms with Crippen molar-refractivity contribution >= 4 is 11.8 Å². The molecule has 0 bridgehead atoms. The van der Waals surface area contributed by atoms with Gasteiger partial charge in [-0.25, -0.2) is 4.98 Å². The first-order valence-corrected chi connectivity index (χ1v) is 6.66. The molecule has 0 spiro atoms. The van der Waals surface area contributed by atoms with E-state index in [4.69, 9.17) is 0 Å². The first kappa shape index (κ1) is 17.5. The molecule has 8 heteroatoms. The molecule has 5 nitrogen and oxygen atoms in total. The number of aromatic nitrogens is 2. The van der Waals surface area contributed by atoms with Crippen molar-refractivity contribution in [2.45, 2.75) is 39.0 Å². The molecule has 120 valence electrons. The molecule has 0 aliphatic rings. The van der Waals surface area contributed by atoms with Gasteiger partial charge >= 0.3 is 6.18 Å². The highest BCUT2D eigenvalue weighted by molar-refractivity contribution is 5.45. The fourth-order valence-electron chi connectivity index (χ4n) is 1.75. The average Bonchev–Trinajstić information content (AvgIpc) is 2.33. The van der Waals surface area contributed by atoms with Gasteiger partial charge in [0.05, 0.1) is 5.60 Å². The first-order valence-electron chi connectivity index (χ1n) is 6.66. The van der Waals surface area contributed by atoms with Crippen LogP contribution in [0.5, 0.6) is 0 Å². The number of rotatable bonds is 6. The molecule has 1 aromatic heterocycles. The maximum Gasteiger partial charge on any atom is 0.433 e. The van der Waals surface area contributed by atoms with Crippen LogP contribution in [-0.4, -0.2) is 40.8 Å². The van der Waals surface area contributed by atoms with E-state index in [0.29, 0.717) is 6.54 Å². The van der Waals surface area contributed by atoms with Crippen molar-refractivity contribution < 1.29 is 18.3 Å². The molecule has 0 aliphatic heterocycles. The summed E-state index contributed by atoms with van der Waals surface area (Å²) in [4.78, 5) is 9.01. The molecule has 0 saturated carbocycles. The normalized spacial score (nSPS) is 12.4. The Balaban J connectivity index is 3.12. The summed E-state index contributed by atoms with van der Waals surface area (Å²) in [6.45, 7) is 5.67. The van der Waals surface area contributed by atoms with Crippen molar-refractivity contribution in [2.75, 3.05) is 30.4 Å². The van der Waals surface area contributed by atoms with Crippen LogP contribution < -0.4 is 10.2 Å². The topological polar surface area (TPSA) is 61.3 Å². The van der Waals surface area contributed by atoms with Gasteiger partial charge in [-0.1, -0.05) is 6.92 Å². The summed E-state index contributed by atoms with van der Waals surface area (Å²) < 4.78 is 38.7. The number of nitrogens with zero attached hydrogens (tertiary/aromatic N) is 3. The highest BCUT2D eigenvalue weighted by atomic mass is 19.4. The van der Waals surface area contributed by atoms with E-state index in [1.165, 1.54) is 4.90 Å². The van der Waals surface area contributed by atoms with Gasteiger partial charge in [-0.15, -0.1) is 0 Å². The zero-order chi connectivity index (χ0) is 16.3. The Morgan fingerprint density at radius 2 is 1.90 bits per heavy atom. The molecule has 0 unspecified atom stereocenters. The van der Waals surface area contributed by atoms with Crippen LogP contribution in [0.3, 0.4) is 0 Å². The van der Waals surface area contributed by atoms with E-state index >= 15 is 0 Å². The Morgan fingerprint density at radius 1 is 1.29 bits per heavy atom. The number of hydrogen-bond donors (Lipinski definition) is 2. The number of nitrogens with one attached hydrogen (secondary N) is 1. The molecule has 1 aromatic rings. The molecule has 0 radical (unpaired) electrons. The number of aliphatic hydroxyl groups is 1. The van der Waals surface area contributed by atoms with Crippen LogP contribution in [0.1, 0.15) is 32.9 Å². The predicted molar refractivity (Wildman–Crippen MR) is 75.4 cm³/mol. The van der Waals surface area contributed by atoms with Gasteiger partial charge in [-0.05, 0) is 20.3 Å². The van der Waals surface area contributed by atoms with Crippen molar-refractivity contribution in [3.63, 3.8) is 0 Å². The van der Waals surface area contributed by atoms with Crippen LogP contribution in [-0.2, 0) is 6.18 Å². The van der Waals surface area contributed by atoms with E-state index in [0.717, 1.165) is 12.5 Å². The summed E-state index contributed by atoms with van der Waals surface area (Å²) in [5, 5.41) is 12.5. The fourth-order valence-corrected chi connectivity index (χ4v) is 1.75. The lowest BCUT2D eigenvalue weighted by Gasteiger charge is -2.27. The van der Waals surface area contributed by atoms with E-state index in [9.17, 15) is 18.3 Å². The molecular formula is C13H21F3N4O. The maximum atomic E-state index is 12.9. The molecule has 0 aliphatic carbocycles. The molecule has 0 atom stereocenters. The van der Waals surface area contributed by atoms with Gasteiger partial charge < -0.3 is 15.3 Å². The lowest BCUT2D eigenvalue weighted by atomic mass is 10.1. The average molecular weight is 306 g/mol. The number of likely N-dealkylation sites (N-methyl/N-ethyl adjacent to an activating group) is 1. The lowest BCUT2D eigenvalue weighted by Crippen LogP contribution is -2.37. The van der Waals surface area contributed by atoms with Gasteiger partial charge in [0, 0.05) is 26.2 Å². The Morgan fingerprint density at radius 3 is 2.38 bits per heavy atom. The third-order valence-electron chi connectivity index (χ3n) is 2.55. The van der Waals surface area contributed by atoms with Crippen molar-refractivity contribution in [2.24, 2.45) is 0 Å². The Labute approximate surface area is 122 Å². The summed E-state index contributed by atoms with van der Waals surface area (Å²) in [6.07, 6.45) is -3.80. The fraction of sp³-hybridized carbons (Fsp3) is 0.692. The third kappa shape index (κ3) is 5.74. The molecular weight excluding hydrogens is 285 g/mol. The van der Waals surface area contributed by atoms with E-state index in [-0.39, 0.29) is 18.3 Å². The summed E-state index contributed by atoms with van der Waals surface area (Å²) in [5.74, 6) is 0.0438. The summed E-state index contributed by atoms with van der Waals surface area (Å²) in [7, 11) is 1.57. The summed E-state index contributed by atoms with van der Waals surface area (Å²) >= 11 is 0. The molecule has 0 amide bonds. The largest absolute Gasteiger partial charge is 0.433 e. The van der Waals surface area contributed by atoms with Crippen LogP contribution in [0.2, 0.25) is 0 Å². The number of halogens is 3. The van der Waals surface area contributed by atoms with Gasteiger partial charge in [0.15, 0.2) is 5.69 Å². The molecule has 0 saturated heterocycles. The highest BCUT2D eigenvalue weighted by Gasteiger charge is 2.34. The second-order valence-electron chi connectivity index (χ2n) is 5.53. The van der Waals surface area contributed by atoms with Crippen LogP contribution in [0.15, 0.2) is 6.07 Å². The molecule has 0 aromatic carbocycles. The molecule has 2 N–H and O–H groups in total. The van der Waals surface area contributed by atoms with Gasteiger partial charge in [0.25, 0.3) is 0 Å². The molecule has 21 heavy (non-hydrogen) atoms. The molecule has 0 fully saturated rings. The number of anilines is 2. The minimum absolute atomic E-state index is 0.0655. The van der Waals surface area contributed by atoms with Crippen molar-refractivity contribution in [1.29, 1.82) is 0 Å². The third-order valence-corrected chi connectivity index (χ3v) is 2.55. The van der Waals surface area contributed by atoms with Gasteiger partial charge in [-0.3, -0.25) is 0 Å².